The van der Waals surface area contributed by atoms with E-state index in [0.29, 0.717) is 34.0 Å². The summed E-state index contributed by atoms with van der Waals surface area (Å²) in [6, 6.07) is 10.0. The highest BCUT2D eigenvalue weighted by atomic mass is 16.5. The first kappa shape index (κ1) is 16.3. The molecular formula is C16H14N4O3. The predicted octanol–water partition coefficient (Wildman–Crippen LogP) is 2.33. The highest BCUT2D eigenvalue weighted by Crippen LogP contribution is 2.35. The topological polar surface area (TPSA) is 120 Å². The van der Waals surface area contributed by atoms with Crippen molar-refractivity contribution in [3.05, 3.63) is 47.5 Å². The van der Waals surface area contributed by atoms with E-state index in [9.17, 15) is 9.59 Å². The van der Waals surface area contributed by atoms with Crippen LogP contribution in [0.4, 0.5) is 11.4 Å². The van der Waals surface area contributed by atoms with Crippen LogP contribution in [0.5, 0.6) is 11.5 Å². The molecule has 0 aliphatic rings. The van der Waals surface area contributed by atoms with Crippen molar-refractivity contribution in [3.8, 4) is 11.5 Å². The number of rotatable bonds is 6. The Balaban J connectivity index is 2.51. The Labute approximate surface area is 132 Å². The third-order valence-electron chi connectivity index (χ3n) is 3.18. The van der Waals surface area contributed by atoms with E-state index in [4.69, 9.17) is 16.2 Å². The third-order valence-corrected chi connectivity index (χ3v) is 3.18. The predicted molar refractivity (Wildman–Crippen MR) is 84.3 cm³/mol. The standard InChI is InChI=1S/C16H14N4O3/c17-7-11-13(19-9-21)3-1-5-15(11)23-16-6-2-4-14(20-10-22)12(16)8-18/h1-6H,7-8,17-18H2. The smallest absolute Gasteiger partial charge is 0.240 e. The zero-order chi connectivity index (χ0) is 16.7. The van der Waals surface area contributed by atoms with Crippen molar-refractivity contribution in [2.24, 2.45) is 21.5 Å². The van der Waals surface area contributed by atoms with Gasteiger partial charge in [0.2, 0.25) is 12.2 Å². The fourth-order valence-electron chi connectivity index (χ4n) is 2.14. The minimum atomic E-state index is 0.126. The van der Waals surface area contributed by atoms with Crippen LogP contribution in [0.2, 0.25) is 0 Å². The maximum Gasteiger partial charge on any atom is 0.240 e. The Bertz CT molecular complexity index is 739. The van der Waals surface area contributed by atoms with Crippen molar-refractivity contribution < 1.29 is 14.3 Å². The van der Waals surface area contributed by atoms with Crippen LogP contribution in [0.3, 0.4) is 0 Å². The fraction of sp³-hybridized carbons (Fsp3) is 0.125. The highest BCUT2D eigenvalue weighted by molar-refractivity contribution is 5.62. The first-order chi connectivity index (χ1) is 11.2. The van der Waals surface area contributed by atoms with Crippen LogP contribution in [-0.2, 0) is 22.7 Å². The molecule has 0 radical (unpaired) electrons. The second-order valence-electron chi connectivity index (χ2n) is 4.42. The van der Waals surface area contributed by atoms with E-state index in [1.807, 2.05) is 0 Å². The molecule has 0 aliphatic carbocycles. The van der Waals surface area contributed by atoms with E-state index in [1.54, 1.807) is 36.4 Å². The summed E-state index contributed by atoms with van der Waals surface area (Å²) in [5.41, 5.74) is 13.3. The molecule has 0 fully saturated rings. The third kappa shape index (κ3) is 3.58. The molecule has 0 amide bonds. The Hall–Kier alpha value is -3.08. The van der Waals surface area contributed by atoms with Crippen molar-refractivity contribution in [2.75, 3.05) is 0 Å². The van der Waals surface area contributed by atoms with Gasteiger partial charge < -0.3 is 16.2 Å². The van der Waals surface area contributed by atoms with Gasteiger partial charge in [0.1, 0.15) is 11.5 Å². The lowest BCUT2D eigenvalue weighted by atomic mass is 10.1. The molecular weight excluding hydrogens is 296 g/mol. The lowest BCUT2D eigenvalue weighted by molar-refractivity contribution is 0.471. The molecule has 0 aromatic heterocycles. The van der Waals surface area contributed by atoms with Crippen molar-refractivity contribution in [3.63, 3.8) is 0 Å². The number of aliphatic imine (C=N–C) groups is 2. The zero-order valence-electron chi connectivity index (χ0n) is 12.2. The fourth-order valence-corrected chi connectivity index (χ4v) is 2.14. The van der Waals surface area contributed by atoms with Gasteiger partial charge >= 0.3 is 0 Å². The van der Waals surface area contributed by atoms with Crippen LogP contribution in [-0.4, -0.2) is 12.2 Å². The van der Waals surface area contributed by atoms with Gasteiger partial charge in [0.15, 0.2) is 0 Å². The molecule has 0 spiro atoms. The van der Waals surface area contributed by atoms with Gasteiger partial charge in [-0.25, -0.2) is 9.59 Å². The number of nitrogens with zero attached hydrogens (tertiary/aromatic N) is 2. The van der Waals surface area contributed by atoms with Crippen LogP contribution in [0, 0.1) is 0 Å². The van der Waals surface area contributed by atoms with Crippen LogP contribution in [0.25, 0.3) is 0 Å². The minimum Gasteiger partial charge on any atom is -0.457 e. The lowest BCUT2D eigenvalue weighted by Crippen LogP contribution is -2.03. The van der Waals surface area contributed by atoms with Gasteiger partial charge in [-0.2, -0.15) is 9.98 Å². The molecule has 7 nitrogen and oxygen atoms in total. The summed E-state index contributed by atoms with van der Waals surface area (Å²) in [5.74, 6) is 0.872. The maximum absolute atomic E-state index is 10.5. The van der Waals surface area contributed by atoms with Gasteiger partial charge in [0.25, 0.3) is 0 Å². The number of benzene rings is 2. The monoisotopic (exact) mass is 310 g/mol. The maximum atomic E-state index is 10.5. The van der Waals surface area contributed by atoms with Crippen LogP contribution >= 0.6 is 0 Å². The van der Waals surface area contributed by atoms with Crippen LogP contribution < -0.4 is 16.2 Å². The van der Waals surface area contributed by atoms with Gasteiger partial charge in [-0.15, -0.1) is 0 Å². The van der Waals surface area contributed by atoms with Gasteiger partial charge in [0.05, 0.1) is 11.4 Å². The number of isocyanates is 2. The summed E-state index contributed by atoms with van der Waals surface area (Å²) >= 11 is 0. The average molecular weight is 310 g/mol. The Morgan fingerprint density at radius 1 is 0.826 bits per heavy atom. The van der Waals surface area contributed by atoms with E-state index in [-0.39, 0.29) is 13.1 Å². The molecule has 0 heterocycles. The number of ether oxygens (including phenoxy) is 1. The van der Waals surface area contributed by atoms with E-state index in [1.165, 1.54) is 12.2 Å². The Morgan fingerprint density at radius 3 is 1.61 bits per heavy atom. The SMILES string of the molecule is NCc1c(N=C=O)cccc1Oc1cccc(N=C=O)c1CN. The second kappa shape index (κ2) is 7.79. The molecule has 0 atom stereocenters. The quantitative estimate of drug-likeness (QED) is 0.626. The first-order valence-electron chi connectivity index (χ1n) is 6.72. The molecule has 2 aromatic rings. The number of nitrogens with two attached hydrogens (primary N) is 2. The van der Waals surface area contributed by atoms with Crippen molar-refractivity contribution >= 4 is 23.5 Å². The molecule has 23 heavy (non-hydrogen) atoms. The number of hydrogen-bond acceptors (Lipinski definition) is 7. The van der Waals surface area contributed by atoms with Crippen LogP contribution in [0.1, 0.15) is 11.1 Å². The summed E-state index contributed by atoms with van der Waals surface area (Å²) in [6.45, 7) is 0.252. The molecule has 2 rings (SSSR count). The molecule has 2 aromatic carbocycles. The van der Waals surface area contributed by atoms with Crippen LogP contribution in [0.15, 0.2) is 46.4 Å². The van der Waals surface area contributed by atoms with Gasteiger partial charge in [-0.1, -0.05) is 12.1 Å². The average Bonchev–Trinajstić information content (AvgIpc) is 2.56. The number of carbonyl (C=O) groups excluding carboxylic acids is 2. The summed E-state index contributed by atoms with van der Waals surface area (Å²) in [4.78, 5) is 28.2. The van der Waals surface area contributed by atoms with E-state index >= 15 is 0 Å². The molecule has 116 valence electrons. The molecule has 0 unspecified atom stereocenters. The van der Waals surface area contributed by atoms with E-state index in [2.05, 4.69) is 9.98 Å². The summed E-state index contributed by atoms with van der Waals surface area (Å²) in [6.07, 6.45) is 2.97. The molecule has 0 bridgehead atoms. The Morgan fingerprint density at radius 2 is 1.26 bits per heavy atom. The first-order valence-corrected chi connectivity index (χ1v) is 6.72. The largest absolute Gasteiger partial charge is 0.457 e. The van der Waals surface area contributed by atoms with Crippen molar-refractivity contribution in [2.45, 2.75) is 13.1 Å². The number of hydrogen-bond donors (Lipinski definition) is 2. The molecule has 0 saturated heterocycles. The van der Waals surface area contributed by atoms with E-state index < -0.39 is 0 Å². The van der Waals surface area contributed by atoms with Gasteiger partial charge in [-0.3, -0.25) is 0 Å². The summed E-state index contributed by atoms with van der Waals surface area (Å²) < 4.78 is 5.86. The van der Waals surface area contributed by atoms with Gasteiger partial charge in [-0.05, 0) is 24.3 Å². The molecule has 0 saturated carbocycles. The minimum absolute atomic E-state index is 0.126. The molecule has 7 heteroatoms. The lowest BCUT2D eigenvalue weighted by Gasteiger charge is -2.14. The summed E-state index contributed by atoms with van der Waals surface area (Å²) in [7, 11) is 0. The highest BCUT2D eigenvalue weighted by Gasteiger charge is 2.13. The normalized spacial score (nSPS) is 9.65. The summed E-state index contributed by atoms with van der Waals surface area (Å²) in [5, 5.41) is 0. The van der Waals surface area contributed by atoms with Crippen molar-refractivity contribution in [1.82, 2.24) is 0 Å². The molecule has 0 aliphatic heterocycles. The van der Waals surface area contributed by atoms with E-state index in [0.717, 1.165) is 0 Å². The van der Waals surface area contributed by atoms with Crippen molar-refractivity contribution in [1.29, 1.82) is 0 Å². The molecule has 4 N–H and O–H groups in total. The van der Waals surface area contributed by atoms with Gasteiger partial charge in [0, 0.05) is 24.2 Å². The second-order valence-corrected chi connectivity index (χ2v) is 4.42. The Kier molecular flexibility index (Phi) is 5.52. The zero-order valence-corrected chi connectivity index (χ0v) is 12.2.